The molecule has 7 heteroatoms. The fourth-order valence-corrected chi connectivity index (χ4v) is 3.33. The molecule has 0 heterocycles. The van der Waals surface area contributed by atoms with Gasteiger partial charge >= 0.3 is 6.36 Å². The monoisotopic (exact) mass is 381 g/mol. The molecule has 1 fully saturated rings. The van der Waals surface area contributed by atoms with Crippen molar-refractivity contribution in [3.05, 3.63) is 28.2 Å². The number of aliphatic hydroxyl groups is 1. The maximum atomic E-state index is 12.5. The first-order valence-corrected chi connectivity index (χ1v) is 8.06. The highest BCUT2D eigenvalue weighted by molar-refractivity contribution is 9.10. The van der Waals surface area contributed by atoms with Crippen LogP contribution in [0.2, 0.25) is 0 Å². The molecule has 1 aliphatic rings. The molecule has 0 saturated heterocycles. The lowest BCUT2D eigenvalue weighted by atomic mass is 9.81. The summed E-state index contributed by atoms with van der Waals surface area (Å²) >= 11 is 3.22. The second kappa shape index (κ2) is 7.19. The molecule has 0 spiro atoms. The summed E-state index contributed by atoms with van der Waals surface area (Å²) < 4.78 is 42.1. The van der Waals surface area contributed by atoms with Crippen molar-refractivity contribution >= 4 is 15.9 Å². The predicted molar refractivity (Wildman–Crippen MR) is 80.3 cm³/mol. The van der Waals surface area contributed by atoms with Crippen LogP contribution in [0.25, 0.3) is 0 Å². The van der Waals surface area contributed by atoms with Crippen LogP contribution in [0.3, 0.4) is 0 Å². The van der Waals surface area contributed by atoms with Gasteiger partial charge in [0, 0.05) is 10.0 Å². The number of ether oxygens (including phenoxy) is 1. The molecule has 0 aromatic heterocycles. The Balaban J connectivity index is 2.23. The van der Waals surface area contributed by atoms with E-state index in [0.717, 1.165) is 32.1 Å². The Kier molecular flexibility index (Phi) is 5.74. The minimum atomic E-state index is -4.79. The standard InChI is InChI=1S/C15H19BrF3NO2/c16-10-6-7-12(22-15(17,18)19)11(8-10)13(20)14(21)9-4-2-1-3-5-9/h6-9,13-14,21H,1-5,20H2/t13-,14+/m1/s1. The molecule has 1 saturated carbocycles. The van der Waals surface area contributed by atoms with Gasteiger partial charge in [-0.15, -0.1) is 13.2 Å². The maximum Gasteiger partial charge on any atom is 0.573 e. The Bertz CT molecular complexity index is 504. The lowest BCUT2D eigenvalue weighted by Gasteiger charge is -2.31. The van der Waals surface area contributed by atoms with E-state index in [9.17, 15) is 18.3 Å². The molecule has 0 bridgehead atoms. The SMILES string of the molecule is N[C@H](c1cc(Br)ccc1OC(F)(F)F)[C@@H](O)C1CCCCC1. The van der Waals surface area contributed by atoms with Gasteiger partial charge in [-0.05, 0) is 37.0 Å². The average molecular weight is 382 g/mol. The molecule has 0 unspecified atom stereocenters. The van der Waals surface area contributed by atoms with E-state index in [0.29, 0.717) is 4.47 Å². The van der Waals surface area contributed by atoms with Gasteiger partial charge in [-0.25, -0.2) is 0 Å². The van der Waals surface area contributed by atoms with Crippen molar-refractivity contribution in [2.24, 2.45) is 11.7 Å². The van der Waals surface area contributed by atoms with Gasteiger partial charge in [-0.3, -0.25) is 0 Å². The maximum absolute atomic E-state index is 12.5. The van der Waals surface area contributed by atoms with Crippen molar-refractivity contribution < 1.29 is 23.0 Å². The van der Waals surface area contributed by atoms with Crippen molar-refractivity contribution in [2.45, 2.75) is 50.6 Å². The first-order chi connectivity index (χ1) is 10.3. The first kappa shape index (κ1) is 17.6. The first-order valence-electron chi connectivity index (χ1n) is 7.27. The molecule has 0 amide bonds. The predicted octanol–water partition coefficient (Wildman–Crippen LogP) is 4.29. The lowest BCUT2D eigenvalue weighted by Crippen LogP contribution is -2.34. The number of benzene rings is 1. The van der Waals surface area contributed by atoms with Crippen molar-refractivity contribution in [1.82, 2.24) is 0 Å². The molecule has 124 valence electrons. The number of nitrogens with two attached hydrogens (primary N) is 1. The Morgan fingerprint density at radius 2 is 1.86 bits per heavy atom. The molecule has 3 N–H and O–H groups in total. The minimum absolute atomic E-state index is 0.0152. The zero-order chi connectivity index (χ0) is 16.3. The smallest absolute Gasteiger partial charge is 0.405 e. The average Bonchev–Trinajstić information content (AvgIpc) is 2.47. The Labute approximate surface area is 135 Å². The summed E-state index contributed by atoms with van der Waals surface area (Å²) in [5, 5.41) is 10.4. The van der Waals surface area contributed by atoms with Gasteiger partial charge < -0.3 is 15.6 Å². The number of hydrogen-bond acceptors (Lipinski definition) is 3. The van der Waals surface area contributed by atoms with E-state index in [4.69, 9.17) is 5.73 Å². The van der Waals surface area contributed by atoms with E-state index in [1.165, 1.54) is 18.2 Å². The summed E-state index contributed by atoms with van der Waals surface area (Å²) in [6.07, 6.45) is -0.838. The summed E-state index contributed by atoms with van der Waals surface area (Å²) in [4.78, 5) is 0. The second-order valence-corrected chi connectivity index (χ2v) is 6.56. The third-order valence-corrected chi connectivity index (χ3v) is 4.55. The van der Waals surface area contributed by atoms with Gasteiger partial charge in [0.05, 0.1) is 12.1 Å². The van der Waals surface area contributed by atoms with E-state index < -0.39 is 18.5 Å². The Morgan fingerprint density at radius 1 is 1.23 bits per heavy atom. The molecule has 1 aliphatic carbocycles. The van der Waals surface area contributed by atoms with Crippen LogP contribution in [0.5, 0.6) is 5.75 Å². The highest BCUT2D eigenvalue weighted by Gasteiger charge is 2.35. The summed E-state index contributed by atoms with van der Waals surface area (Å²) in [6, 6.07) is 3.21. The quantitative estimate of drug-likeness (QED) is 0.817. The number of halogens is 4. The number of aliphatic hydroxyl groups excluding tert-OH is 1. The van der Waals surface area contributed by atoms with Crippen LogP contribution in [0.15, 0.2) is 22.7 Å². The van der Waals surface area contributed by atoms with Crippen LogP contribution in [-0.2, 0) is 0 Å². The third-order valence-electron chi connectivity index (χ3n) is 4.06. The molecule has 22 heavy (non-hydrogen) atoms. The number of hydrogen-bond donors (Lipinski definition) is 2. The summed E-state index contributed by atoms with van der Waals surface area (Å²) in [7, 11) is 0. The van der Waals surface area contributed by atoms with E-state index >= 15 is 0 Å². The summed E-state index contributed by atoms with van der Waals surface area (Å²) in [5.41, 5.74) is 6.20. The van der Waals surface area contributed by atoms with Crippen molar-refractivity contribution in [2.75, 3.05) is 0 Å². The van der Waals surface area contributed by atoms with E-state index in [-0.39, 0.29) is 17.2 Å². The van der Waals surface area contributed by atoms with Crippen LogP contribution in [0.1, 0.15) is 43.7 Å². The minimum Gasteiger partial charge on any atom is -0.405 e. The van der Waals surface area contributed by atoms with Gasteiger partial charge in [-0.1, -0.05) is 35.2 Å². The van der Waals surface area contributed by atoms with Crippen molar-refractivity contribution in [1.29, 1.82) is 0 Å². The second-order valence-electron chi connectivity index (χ2n) is 5.64. The van der Waals surface area contributed by atoms with E-state index in [2.05, 4.69) is 20.7 Å². The van der Waals surface area contributed by atoms with Gasteiger partial charge in [0.25, 0.3) is 0 Å². The van der Waals surface area contributed by atoms with Gasteiger partial charge in [0.2, 0.25) is 0 Å². The number of rotatable bonds is 4. The van der Waals surface area contributed by atoms with Crippen LogP contribution in [-0.4, -0.2) is 17.6 Å². The Hall–Kier alpha value is -0.790. The molecular formula is C15H19BrF3NO2. The molecule has 1 aromatic rings. The van der Waals surface area contributed by atoms with E-state index in [1.807, 2.05) is 0 Å². The molecule has 2 rings (SSSR count). The Morgan fingerprint density at radius 3 is 2.45 bits per heavy atom. The van der Waals surface area contributed by atoms with Crippen LogP contribution >= 0.6 is 15.9 Å². The third kappa shape index (κ3) is 4.60. The van der Waals surface area contributed by atoms with Crippen molar-refractivity contribution in [3.8, 4) is 5.75 Å². The van der Waals surface area contributed by atoms with Crippen LogP contribution in [0.4, 0.5) is 13.2 Å². The lowest BCUT2D eigenvalue weighted by molar-refractivity contribution is -0.275. The van der Waals surface area contributed by atoms with Gasteiger partial charge in [0.15, 0.2) is 0 Å². The van der Waals surface area contributed by atoms with Gasteiger partial charge in [-0.2, -0.15) is 0 Å². The highest BCUT2D eigenvalue weighted by Crippen LogP contribution is 2.37. The molecule has 3 nitrogen and oxygen atoms in total. The largest absolute Gasteiger partial charge is 0.573 e. The van der Waals surface area contributed by atoms with Crippen LogP contribution < -0.4 is 10.5 Å². The van der Waals surface area contributed by atoms with Gasteiger partial charge in [0.1, 0.15) is 5.75 Å². The molecule has 0 aliphatic heterocycles. The fourth-order valence-electron chi connectivity index (χ4n) is 2.95. The van der Waals surface area contributed by atoms with Crippen LogP contribution in [0, 0.1) is 5.92 Å². The van der Waals surface area contributed by atoms with E-state index in [1.54, 1.807) is 0 Å². The molecular weight excluding hydrogens is 363 g/mol. The molecule has 2 atom stereocenters. The topological polar surface area (TPSA) is 55.5 Å². The zero-order valence-electron chi connectivity index (χ0n) is 11.9. The van der Waals surface area contributed by atoms with Crippen molar-refractivity contribution in [3.63, 3.8) is 0 Å². The highest BCUT2D eigenvalue weighted by atomic mass is 79.9. The number of alkyl halides is 3. The summed E-state index contributed by atoms with van der Waals surface area (Å²) in [6.45, 7) is 0. The molecule has 0 radical (unpaired) electrons. The summed E-state index contributed by atoms with van der Waals surface area (Å²) in [5.74, 6) is -0.348. The fraction of sp³-hybridized carbons (Fsp3) is 0.600. The normalized spacial score (nSPS) is 19.7. The molecule has 1 aromatic carbocycles. The zero-order valence-corrected chi connectivity index (χ0v) is 13.5.